The van der Waals surface area contributed by atoms with E-state index in [2.05, 4.69) is 31.7 Å². The van der Waals surface area contributed by atoms with E-state index < -0.39 is 10.2 Å². The average Bonchev–Trinajstić information content (AvgIpc) is 3.36. The molecule has 2 bridgehead atoms. The van der Waals surface area contributed by atoms with Gasteiger partial charge >= 0.3 is 0 Å². The highest BCUT2D eigenvalue weighted by Crippen LogP contribution is 2.41. The van der Waals surface area contributed by atoms with Crippen LogP contribution in [0, 0.1) is 17.7 Å². The minimum Gasteiger partial charge on any atom is -0.220 e. The molecular formula is C25H28FN5O2S. The minimum atomic E-state index is -3.49. The molecule has 0 spiro atoms. The number of halogens is 1. The van der Waals surface area contributed by atoms with Crippen LogP contribution >= 0.6 is 0 Å². The SMILES string of the molecule is O=S(=O)(NC1CCC1)N[C@@H]1[C@@H]2CC[C@H]1Cc1cc(-c3ncn(-c4ccc(F)cc4)n3)ccc1C2. The summed E-state index contributed by atoms with van der Waals surface area (Å²) >= 11 is 0. The molecule has 0 aliphatic heterocycles. The summed E-state index contributed by atoms with van der Waals surface area (Å²) in [7, 11) is -3.49. The Morgan fingerprint density at radius 3 is 2.35 bits per heavy atom. The van der Waals surface area contributed by atoms with Crippen LogP contribution in [0.4, 0.5) is 4.39 Å². The number of fused-ring (bicyclic) bond motifs is 3. The van der Waals surface area contributed by atoms with Crippen LogP contribution in [0.2, 0.25) is 0 Å². The van der Waals surface area contributed by atoms with Gasteiger partial charge < -0.3 is 0 Å². The van der Waals surface area contributed by atoms with E-state index in [0.717, 1.165) is 56.2 Å². The molecule has 6 rings (SSSR count). The van der Waals surface area contributed by atoms with Gasteiger partial charge in [-0.1, -0.05) is 18.6 Å². The van der Waals surface area contributed by atoms with E-state index in [0.29, 0.717) is 11.7 Å². The van der Waals surface area contributed by atoms with Crippen LogP contribution in [0.15, 0.2) is 48.8 Å². The lowest BCUT2D eigenvalue weighted by atomic mass is 9.92. The molecule has 178 valence electrons. The van der Waals surface area contributed by atoms with E-state index in [9.17, 15) is 12.8 Å². The zero-order valence-corrected chi connectivity index (χ0v) is 19.6. The van der Waals surface area contributed by atoms with Gasteiger partial charge in [-0.05, 0) is 91.8 Å². The van der Waals surface area contributed by atoms with Crippen molar-refractivity contribution in [3.05, 3.63) is 65.7 Å². The summed E-state index contributed by atoms with van der Waals surface area (Å²) in [5, 5.41) is 4.59. The molecule has 3 aliphatic carbocycles. The molecular weight excluding hydrogens is 453 g/mol. The number of nitrogens with one attached hydrogen (secondary N) is 2. The summed E-state index contributed by atoms with van der Waals surface area (Å²) in [5.74, 6) is 0.919. The Hall–Kier alpha value is -2.62. The molecule has 1 aromatic heterocycles. The molecule has 1 heterocycles. The highest BCUT2D eigenvalue weighted by Gasteiger charge is 2.41. The molecule has 9 heteroatoms. The predicted octanol–water partition coefficient (Wildman–Crippen LogP) is 3.54. The molecule has 0 saturated heterocycles. The normalized spacial score (nSPS) is 24.4. The highest BCUT2D eigenvalue weighted by atomic mass is 32.2. The van der Waals surface area contributed by atoms with Crippen molar-refractivity contribution in [3.8, 4) is 17.1 Å². The van der Waals surface area contributed by atoms with Gasteiger partial charge in [0.25, 0.3) is 10.2 Å². The maximum absolute atomic E-state index is 13.2. The fourth-order valence-corrected chi connectivity index (χ4v) is 7.10. The third kappa shape index (κ3) is 4.28. The number of nitrogens with zero attached hydrogens (tertiary/aromatic N) is 3. The lowest BCUT2D eigenvalue weighted by Gasteiger charge is -2.29. The van der Waals surface area contributed by atoms with Crippen LogP contribution in [0.3, 0.4) is 0 Å². The van der Waals surface area contributed by atoms with Gasteiger partial charge in [-0.2, -0.15) is 17.9 Å². The van der Waals surface area contributed by atoms with E-state index in [-0.39, 0.29) is 23.8 Å². The standard InChI is InChI=1S/C25H28FN5O2S/c26-21-8-10-23(11-9-21)31-15-27-25(28-31)19-7-4-16-12-17-5-6-18(13-20(16)14-19)24(17)30-34(32,33)29-22-2-1-3-22/h4,7-11,14-15,17-18,22,24,29-30H,1-3,5-6,12-13H2/t17-,18+,24-/m1/s1. The Kier molecular flexibility index (Phi) is 5.50. The minimum absolute atomic E-state index is 0.0377. The molecule has 34 heavy (non-hydrogen) atoms. The Bertz CT molecular complexity index is 1300. The summed E-state index contributed by atoms with van der Waals surface area (Å²) in [4.78, 5) is 4.47. The second-order valence-corrected chi connectivity index (χ2v) is 11.3. The van der Waals surface area contributed by atoms with Crippen LogP contribution < -0.4 is 9.44 Å². The Labute approximate surface area is 199 Å². The molecule has 2 N–H and O–H groups in total. The van der Waals surface area contributed by atoms with Gasteiger partial charge in [-0.3, -0.25) is 0 Å². The van der Waals surface area contributed by atoms with Gasteiger partial charge in [0.15, 0.2) is 5.82 Å². The first kappa shape index (κ1) is 21.9. The topological polar surface area (TPSA) is 88.9 Å². The number of benzene rings is 2. The van der Waals surface area contributed by atoms with Crippen molar-refractivity contribution in [2.75, 3.05) is 0 Å². The maximum Gasteiger partial charge on any atom is 0.277 e. The molecule has 2 saturated carbocycles. The van der Waals surface area contributed by atoms with Crippen molar-refractivity contribution < 1.29 is 12.8 Å². The first-order valence-corrected chi connectivity index (χ1v) is 13.5. The lowest BCUT2D eigenvalue weighted by Crippen LogP contribution is -2.51. The summed E-state index contributed by atoms with van der Waals surface area (Å²) < 4.78 is 46.2. The van der Waals surface area contributed by atoms with Crippen LogP contribution in [-0.4, -0.2) is 35.3 Å². The number of rotatable bonds is 6. The first-order valence-electron chi connectivity index (χ1n) is 12.0. The Morgan fingerprint density at radius 1 is 0.912 bits per heavy atom. The van der Waals surface area contributed by atoms with Crippen molar-refractivity contribution in [1.82, 2.24) is 24.2 Å². The molecule has 3 atom stereocenters. The Balaban J connectivity index is 1.22. The molecule has 0 amide bonds. The van der Waals surface area contributed by atoms with Gasteiger partial charge in [0, 0.05) is 17.6 Å². The van der Waals surface area contributed by atoms with Crippen molar-refractivity contribution in [2.45, 2.75) is 57.0 Å². The van der Waals surface area contributed by atoms with E-state index >= 15 is 0 Å². The third-order valence-corrected chi connectivity index (χ3v) is 8.88. The number of aromatic nitrogens is 3. The van der Waals surface area contributed by atoms with Gasteiger partial charge in [0.1, 0.15) is 12.1 Å². The summed E-state index contributed by atoms with van der Waals surface area (Å²) in [5.41, 5.74) is 4.21. The predicted molar refractivity (Wildman–Crippen MR) is 127 cm³/mol. The molecule has 0 unspecified atom stereocenters. The second-order valence-electron chi connectivity index (χ2n) is 9.87. The van der Waals surface area contributed by atoms with E-state index in [1.807, 2.05) is 6.07 Å². The largest absolute Gasteiger partial charge is 0.277 e. The molecule has 0 radical (unpaired) electrons. The zero-order chi connectivity index (χ0) is 23.3. The lowest BCUT2D eigenvalue weighted by molar-refractivity contribution is 0.361. The molecule has 2 aromatic carbocycles. The van der Waals surface area contributed by atoms with Crippen LogP contribution in [0.5, 0.6) is 0 Å². The smallest absolute Gasteiger partial charge is 0.220 e. The first-order chi connectivity index (χ1) is 16.4. The van der Waals surface area contributed by atoms with Crippen molar-refractivity contribution in [3.63, 3.8) is 0 Å². The summed E-state index contributed by atoms with van der Waals surface area (Å²) in [6, 6.07) is 12.5. The maximum atomic E-state index is 13.2. The highest BCUT2D eigenvalue weighted by molar-refractivity contribution is 7.87. The zero-order valence-electron chi connectivity index (χ0n) is 18.8. The van der Waals surface area contributed by atoms with Crippen molar-refractivity contribution in [2.24, 2.45) is 11.8 Å². The fourth-order valence-electron chi connectivity index (χ4n) is 5.61. The van der Waals surface area contributed by atoms with E-state index in [1.165, 1.54) is 23.3 Å². The van der Waals surface area contributed by atoms with Crippen molar-refractivity contribution in [1.29, 1.82) is 0 Å². The monoisotopic (exact) mass is 481 g/mol. The third-order valence-electron chi connectivity index (χ3n) is 7.65. The fraction of sp³-hybridized carbons (Fsp3) is 0.440. The number of hydrogen-bond acceptors (Lipinski definition) is 4. The van der Waals surface area contributed by atoms with Crippen LogP contribution in [0.25, 0.3) is 17.1 Å². The van der Waals surface area contributed by atoms with Crippen LogP contribution in [-0.2, 0) is 23.1 Å². The average molecular weight is 482 g/mol. The van der Waals surface area contributed by atoms with Crippen LogP contribution in [0.1, 0.15) is 43.2 Å². The van der Waals surface area contributed by atoms with Gasteiger partial charge in [-0.15, -0.1) is 5.10 Å². The summed E-state index contributed by atoms with van der Waals surface area (Å²) in [6.45, 7) is 0. The van der Waals surface area contributed by atoms with Crippen molar-refractivity contribution >= 4 is 10.2 Å². The van der Waals surface area contributed by atoms with Gasteiger partial charge in [0.05, 0.1) is 5.69 Å². The van der Waals surface area contributed by atoms with E-state index in [4.69, 9.17) is 0 Å². The molecule has 3 aromatic rings. The van der Waals surface area contributed by atoms with Gasteiger partial charge in [0.2, 0.25) is 0 Å². The summed E-state index contributed by atoms with van der Waals surface area (Å²) in [6.07, 6.45) is 8.38. The number of hydrogen-bond donors (Lipinski definition) is 2. The molecule has 2 fully saturated rings. The quantitative estimate of drug-likeness (QED) is 0.564. The second kappa shape index (κ2) is 8.55. The van der Waals surface area contributed by atoms with E-state index in [1.54, 1.807) is 23.1 Å². The molecule has 7 nitrogen and oxygen atoms in total. The molecule has 3 aliphatic rings. The van der Waals surface area contributed by atoms with Gasteiger partial charge in [-0.25, -0.2) is 14.1 Å². The Morgan fingerprint density at radius 2 is 1.65 bits per heavy atom.